The summed E-state index contributed by atoms with van der Waals surface area (Å²) in [5.41, 5.74) is 10.5. The molecule has 0 fully saturated rings. The molecule has 0 amide bonds. The summed E-state index contributed by atoms with van der Waals surface area (Å²) in [6.07, 6.45) is 0. The summed E-state index contributed by atoms with van der Waals surface area (Å²) in [4.78, 5) is 7.14. The van der Waals surface area contributed by atoms with E-state index < -0.39 is 0 Å². The topological polar surface area (TPSA) is 9.72 Å². The van der Waals surface area contributed by atoms with Crippen LogP contribution in [0.15, 0.2) is 78.9 Å². The van der Waals surface area contributed by atoms with Gasteiger partial charge in [-0.25, -0.2) is 0 Å². The standard InChI is InChI=1S/C13H14BN.C10H14BN.C9H12BN/c1-14-13-8-11-6-4-3-5-10(11)7-12(13)9-15(14)2;1-8-5-4-6-10-9(8)7-12(3)11(10)2;1-10-9-6-4-3-5-8(9)7-11(10)2/h3-8H,9H2,1-2H3;4-6H,7H2,1-3H3;3-6H,7H2,1-2H3. The van der Waals surface area contributed by atoms with Gasteiger partial charge in [0.1, 0.15) is 0 Å². The Hall–Kier alpha value is -2.79. The molecule has 0 N–H and O–H groups in total. The van der Waals surface area contributed by atoms with Gasteiger partial charge in [0.2, 0.25) is 0 Å². The molecule has 4 aromatic rings. The third-order valence-corrected chi connectivity index (χ3v) is 9.09. The van der Waals surface area contributed by atoms with Gasteiger partial charge >= 0.3 is 0 Å². The predicted octanol–water partition coefficient (Wildman–Crippen LogP) is 4.34. The Balaban J connectivity index is 0.000000118. The van der Waals surface area contributed by atoms with Crippen molar-refractivity contribution in [2.75, 3.05) is 21.1 Å². The maximum absolute atomic E-state index is 2.39. The Morgan fingerprint density at radius 1 is 0.526 bits per heavy atom. The molecule has 192 valence electrons. The van der Waals surface area contributed by atoms with Crippen LogP contribution in [0.25, 0.3) is 10.8 Å². The Morgan fingerprint density at radius 3 is 1.74 bits per heavy atom. The molecule has 3 nitrogen and oxygen atoms in total. The molecule has 0 atom stereocenters. The second-order valence-corrected chi connectivity index (χ2v) is 11.5. The highest BCUT2D eigenvalue weighted by Gasteiger charge is 2.28. The van der Waals surface area contributed by atoms with Crippen molar-refractivity contribution in [1.82, 2.24) is 14.4 Å². The van der Waals surface area contributed by atoms with Crippen LogP contribution in [0, 0.1) is 6.92 Å². The molecule has 6 heteroatoms. The first kappa shape index (κ1) is 26.8. The highest BCUT2D eigenvalue weighted by Crippen LogP contribution is 2.20. The molecule has 4 aromatic carbocycles. The number of aryl methyl sites for hydroxylation is 1. The summed E-state index contributed by atoms with van der Waals surface area (Å²) in [5, 5.41) is 2.72. The molecule has 0 saturated heterocycles. The average Bonchev–Trinajstić information content (AvgIpc) is 3.49. The SMILES string of the molecule is CB1c2cc3ccccc3cc2CN1C.CB1c2cccc(C)c2CN1C.CB1c2ccccc2CN1C. The molecule has 0 bridgehead atoms. The van der Waals surface area contributed by atoms with E-state index in [-0.39, 0.29) is 0 Å². The quantitative estimate of drug-likeness (QED) is 0.334. The number of benzene rings is 4. The minimum atomic E-state index is 0.560. The maximum Gasteiger partial charge on any atom is 0.254 e. The summed E-state index contributed by atoms with van der Waals surface area (Å²) in [5.74, 6) is 0. The van der Waals surface area contributed by atoms with Gasteiger partial charge < -0.3 is 14.4 Å². The second-order valence-electron chi connectivity index (χ2n) is 11.5. The summed E-state index contributed by atoms with van der Waals surface area (Å²) >= 11 is 0. The Morgan fingerprint density at radius 2 is 1.05 bits per heavy atom. The van der Waals surface area contributed by atoms with Crippen molar-refractivity contribution in [3.8, 4) is 0 Å². The van der Waals surface area contributed by atoms with Crippen molar-refractivity contribution in [3.63, 3.8) is 0 Å². The molecule has 3 aliphatic heterocycles. The third kappa shape index (κ3) is 5.23. The van der Waals surface area contributed by atoms with Gasteiger partial charge in [0.15, 0.2) is 0 Å². The van der Waals surface area contributed by atoms with E-state index >= 15 is 0 Å². The van der Waals surface area contributed by atoms with Crippen LogP contribution in [0.2, 0.25) is 20.5 Å². The highest BCUT2D eigenvalue weighted by atomic mass is 15.0. The van der Waals surface area contributed by atoms with Crippen LogP contribution in [0.5, 0.6) is 0 Å². The number of fused-ring (bicyclic) bond motifs is 4. The monoisotopic (exact) mass is 499 g/mol. The van der Waals surface area contributed by atoms with Crippen LogP contribution in [0.1, 0.15) is 22.3 Å². The van der Waals surface area contributed by atoms with Crippen molar-refractivity contribution < 1.29 is 0 Å². The zero-order chi connectivity index (χ0) is 27.0. The van der Waals surface area contributed by atoms with E-state index in [4.69, 9.17) is 0 Å². The van der Waals surface area contributed by atoms with Crippen LogP contribution in [0.3, 0.4) is 0 Å². The fraction of sp³-hybridized carbons (Fsp3) is 0.312. The van der Waals surface area contributed by atoms with E-state index in [1.54, 1.807) is 0 Å². The summed E-state index contributed by atoms with van der Waals surface area (Å²) in [7, 11) is 6.55. The van der Waals surface area contributed by atoms with Gasteiger partial charge in [-0.05, 0) is 61.1 Å². The highest BCUT2D eigenvalue weighted by molar-refractivity contribution is 6.71. The molecule has 0 aliphatic carbocycles. The predicted molar refractivity (Wildman–Crippen MR) is 170 cm³/mol. The maximum atomic E-state index is 2.39. The molecular formula is C32H40B3N3. The summed E-state index contributed by atoms with van der Waals surface area (Å²) < 4.78 is 0. The molecule has 0 spiro atoms. The molecule has 0 aromatic heterocycles. The van der Waals surface area contributed by atoms with E-state index in [1.807, 2.05) is 0 Å². The molecule has 0 saturated carbocycles. The van der Waals surface area contributed by atoms with Crippen molar-refractivity contribution in [1.29, 1.82) is 0 Å². The van der Waals surface area contributed by atoms with Gasteiger partial charge in [0.25, 0.3) is 20.5 Å². The lowest BCUT2D eigenvalue weighted by Crippen LogP contribution is -2.35. The molecular weight excluding hydrogens is 459 g/mol. The van der Waals surface area contributed by atoms with Gasteiger partial charge in [-0.1, -0.05) is 116 Å². The van der Waals surface area contributed by atoms with Crippen LogP contribution in [-0.4, -0.2) is 56.1 Å². The smallest absolute Gasteiger partial charge is 0.254 e. The molecule has 0 unspecified atom stereocenters. The summed E-state index contributed by atoms with van der Waals surface area (Å²) in [6, 6.07) is 28.6. The fourth-order valence-corrected chi connectivity index (χ4v) is 6.16. The van der Waals surface area contributed by atoms with Crippen molar-refractivity contribution in [2.45, 2.75) is 47.0 Å². The largest absolute Gasteiger partial charge is 0.337 e. The number of rotatable bonds is 0. The molecule has 0 radical (unpaired) electrons. The van der Waals surface area contributed by atoms with E-state index in [0.29, 0.717) is 20.5 Å². The Labute approximate surface area is 231 Å². The lowest BCUT2D eigenvalue weighted by molar-refractivity contribution is 0.541. The average molecular weight is 499 g/mol. The van der Waals surface area contributed by atoms with Gasteiger partial charge in [0, 0.05) is 19.6 Å². The minimum absolute atomic E-state index is 0.560. The Kier molecular flexibility index (Phi) is 7.86. The molecule has 3 heterocycles. The van der Waals surface area contributed by atoms with Crippen LogP contribution in [-0.2, 0) is 19.6 Å². The molecule has 38 heavy (non-hydrogen) atoms. The molecule has 3 aliphatic rings. The zero-order valence-corrected chi connectivity index (χ0v) is 24.2. The van der Waals surface area contributed by atoms with E-state index in [2.05, 4.69) is 142 Å². The van der Waals surface area contributed by atoms with Crippen molar-refractivity contribution >= 4 is 47.7 Å². The van der Waals surface area contributed by atoms with Gasteiger partial charge in [-0.3, -0.25) is 0 Å². The van der Waals surface area contributed by atoms with Crippen LogP contribution < -0.4 is 16.4 Å². The normalized spacial score (nSPS) is 16.6. The molecule has 7 rings (SSSR count). The van der Waals surface area contributed by atoms with Gasteiger partial charge in [-0.2, -0.15) is 0 Å². The fourth-order valence-electron chi connectivity index (χ4n) is 6.16. The van der Waals surface area contributed by atoms with Gasteiger partial charge in [-0.15, -0.1) is 0 Å². The minimum Gasteiger partial charge on any atom is -0.337 e. The lowest BCUT2D eigenvalue weighted by atomic mass is 9.58. The van der Waals surface area contributed by atoms with Crippen LogP contribution >= 0.6 is 0 Å². The zero-order valence-electron chi connectivity index (χ0n) is 24.2. The van der Waals surface area contributed by atoms with E-state index in [1.165, 1.54) is 49.4 Å². The van der Waals surface area contributed by atoms with Gasteiger partial charge in [0.05, 0.1) is 0 Å². The first-order valence-corrected chi connectivity index (χ1v) is 14.0. The first-order valence-electron chi connectivity index (χ1n) is 14.0. The third-order valence-electron chi connectivity index (χ3n) is 9.09. The van der Waals surface area contributed by atoms with Crippen LogP contribution in [0.4, 0.5) is 0 Å². The first-order chi connectivity index (χ1) is 18.2. The van der Waals surface area contributed by atoms with Crippen molar-refractivity contribution in [3.05, 3.63) is 101 Å². The number of hydrogen-bond acceptors (Lipinski definition) is 3. The van der Waals surface area contributed by atoms with Crippen molar-refractivity contribution in [2.24, 2.45) is 0 Å². The number of nitrogens with zero attached hydrogens (tertiary/aromatic N) is 3. The van der Waals surface area contributed by atoms with E-state index in [0.717, 1.165) is 19.6 Å². The summed E-state index contributed by atoms with van der Waals surface area (Å²) in [6.45, 7) is 14.1. The second kappa shape index (κ2) is 11.1. The van der Waals surface area contributed by atoms with E-state index in [9.17, 15) is 0 Å². The Bertz CT molecular complexity index is 1440. The lowest BCUT2D eigenvalue weighted by Gasteiger charge is -2.10. The number of hydrogen-bond donors (Lipinski definition) is 0.